The molecule has 2 rings (SSSR count). The number of nitrogens with two attached hydrogens (primary N) is 1. The molecule has 0 atom stereocenters. The molecule has 0 aliphatic heterocycles. The number of nitrogens with zero attached hydrogens (tertiary/aromatic N) is 2. The fourth-order valence-corrected chi connectivity index (χ4v) is 1.91. The number of aryl methyl sites for hydroxylation is 1. The average Bonchev–Trinajstić information content (AvgIpc) is 2.91. The summed E-state index contributed by atoms with van der Waals surface area (Å²) in [6.07, 6.45) is 0. The van der Waals surface area contributed by atoms with Gasteiger partial charge in [-0.1, -0.05) is 29.1 Å². The van der Waals surface area contributed by atoms with E-state index in [2.05, 4.69) is 17.0 Å². The first kappa shape index (κ1) is 14.8. The number of amides is 1. The molecule has 0 bridgehead atoms. The van der Waals surface area contributed by atoms with Gasteiger partial charge in [0.05, 0.1) is 6.54 Å². The molecule has 0 saturated heterocycles. The highest BCUT2D eigenvalue weighted by atomic mass is 16.5. The lowest BCUT2D eigenvalue weighted by Gasteiger charge is -2.15. The molecule has 1 amide bonds. The van der Waals surface area contributed by atoms with Crippen LogP contribution in [-0.2, 0) is 6.54 Å². The van der Waals surface area contributed by atoms with Crippen LogP contribution in [0.3, 0.4) is 0 Å². The minimum Gasteiger partial charge on any atom is -0.361 e. The molecule has 1 aromatic heterocycles. The average molecular weight is 283 g/mol. The molecule has 1 aromatic carbocycles. The Labute approximate surface area is 123 Å². The molecule has 0 spiro atoms. The highest BCUT2D eigenvalue weighted by Crippen LogP contribution is 2.10. The third kappa shape index (κ3) is 3.94. The summed E-state index contributed by atoms with van der Waals surface area (Å²) in [5.41, 5.74) is 7.55. The fourth-order valence-electron chi connectivity index (χ4n) is 1.91. The van der Waals surface area contributed by atoms with E-state index in [0.717, 1.165) is 11.1 Å². The van der Waals surface area contributed by atoms with Crippen molar-refractivity contribution in [1.29, 1.82) is 0 Å². The number of carbonyl (C=O) groups excluding carboxylic acids is 1. The Hall–Kier alpha value is -2.58. The lowest BCUT2D eigenvalue weighted by Crippen LogP contribution is -2.26. The van der Waals surface area contributed by atoms with Gasteiger partial charge in [-0.2, -0.15) is 0 Å². The van der Waals surface area contributed by atoms with E-state index in [1.165, 1.54) is 0 Å². The van der Waals surface area contributed by atoms with Gasteiger partial charge in [0.25, 0.3) is 5.91 Å². The summed E-state index contributed by atoms with van der Waals surface area (Å²) < 4.78 is 4.92. The third-order valence-electron chi connectivity index (χ3n) is 2.88. The Balaban J connectivity index is 2.08. The van der Waals surface area contributed by atoms with Crippen LogP contribution in [0.5, 0.6) is 0 Å². The van der Waals surface area contributed by atoms with E-state index in [9.17, 15) is 4.79 Å². The first-order chi connectivity index (χ1) is 10.1. The number of carbonyl (C=O) groups is 1. The van der Waals surface area contributed by atoms with E-state index in [4.69, 9.17) is 10.3 Å². The van der Waals surface area contributed by atoms with Gasteiger partial charge < -0.3 is 15.2 Å². The summed E-state index contributed by atoms with van der Waals surface area (Å²) in [6.45, 7) is 2.56. The van der Waals surface area contributed by atoms with Crippen molar-refractivity contribution in [2.45, 2.75) is 13.5 Å². The highest BCUT2D eigenvalue weighted by Gasteiger charge is 2.16. The van der Waals surface area contributed by atoms with Crippen LogP contribution in [0.15, 0.2) is 34.9 Å². The maximum atomic E-state index is 12.2. The summed E-state index contributed by atoms with van der Waals surface area (Å²) >= 11 is 0. The molecule has 0 saturated carbocycles. The minimum absolute atomic E-state index is 0.176. The number of benzene rings is 1. The topological polar surface area (TPSA) is 72.4 Å². The van der Waals surface area contributed by atoms with E-state index in [0.29, 0.717) is 24.5 Å². The predicted octanol–water partition coefficient (Wildman–Crippen LogP) is 1.57. The number of rotatable bonds is 3. The molecule has 0 unspecified atom stereocenters. The SMILES string of the molecule is Cc1cc(C(=O)N(C)Cc2cccc(C#CCN)c2)no1. The summed E-state index contributed by atoms with van der Waals surface area (Å²) in [4.78, 5) is 13.8. The Bertz CT molecular complexity index is 695. The van der Waals surface area contributed by atoms with Crippen molar-refractivity contribution in [3.63, 3.8) is 0 Å². The van der Waals surface area contributed by atoms with Crippen molar-refractivity contribution in [2.75, 3.05) is 13.6 Å². The molecule has 1 heterocycles. The number of hydrogen-bond donors (Lipinski definition) is 1. The van der Waals surface area contributed by atoms with Crippen LogP contribution in [0.25, 0.3) is 0 Å². The van der Waals surface area contributed by atoms with E-state index >= 15 is 0 Å². The van der Waals surface area contributed by atoms with Gasteiger partial charge >= 0.3 is 0 Å². The van der Waals surface area contributed by atoms with Crippen LogP contribution >= 0.6 is 0 Å². The maximum Gasteiger partial charge on any atom is 0.276 e. The molecule has 2 aromatic rings. The first-order valence-corrected chi connectivity index (χ1v) is 6.57. The van der Waals surface area contributed by atoms with Gasteiger partial charge in [0.2, 0.25) is 0 Å². The summed E-state index contributed by atoms with van der Waals surface area (Å²) in [5, 5.41) is 3.73. The monoisotopic (exact) mass is 283 g/mol. The molecule has 0 fully saturated rings. The van der Waals surface area contributed by atoms with Gasteiger partial charge in [-0.3, -0.25) is 4.79 Å². The van der Waals surface area contributed by atoms with E-state index in [1.54, 1.807) is 24.9 Å². The second-order valence-corrected chi connectivity index (χ2v) is 4.69. The highest BCUT2D eigenvalue weighted by molar-refractivity contribution is 5.92. The zero-order chi connectivity index (χ0) is 15.2. The lowest BCUT2D eigenvalue weighted by atomic mass is 10.1. The molecule has 21 heavy (non-hydrogen) atoms. The zero-order valence-electron chi connectivity index (χ0n) is 12.1. The van der Waals surface area contributed by atoms with Crippen LogP contribution in [0, 0.1) is 18.8 Å². The lowest BCUT2D eigenvalue weighted by molar-refractivity contribution is 0.0774. The number of aromatic nitrogens is 1. The van der Waals surface area contributed by atoms with E-state index in [-0.39, 0.29) is 5.91 Å². The van der Waals surface area contributed by atoms with Crippen molar-refractivity contribution in [3.8, 4) is 11.8 Å². The minimum atomic E-state index is -0.176. The van der Waals surface area contributed by atoms with E-state index < -0.39 is 0 Å². The molecule has 0 aliphatic carbocycles. The fraction of sp³-hybridized carbons (Fsp3) is 0.250. The van der Waals surface area contributed by atoms with Gasteiger partial charge in [0.1, 0.15) is 5.76 Å². The maximum absolute atomic E-state index is 12.2. The van der Waals surface area contributed by atoms with Crippen molar-refractivity contribution in [2.24, 2.45) is 5.73 Å². The van der Waals surface area contributed by atoms with Crippen LogP contribution in [0.2, 0.25) is 0 Å². The molecule has 0 aliphatic rings. The molecular formula is C16H17N3O2. The van der Waals surface area contributed by atoms with Gasteiger partial charge in [-0.25, -0.2) is 0 Å². The van der Waals surface area contributed by atoms with Gasteiger partial charge in [0, 0.05) is 25.2 Å². The van der Waals surface area contributed by atoms with Crippen molar-refractivity contribution in [1.82, 2.24) is 10.1 Å². The van der Waals surface area contributed by atoms with E-state index in [1.807, 2.05) is 24.3 Å². The predicted molar refractivity (Wildman–Crippen MR) is 79.4 cm³/mol. The molecule has 5 nitrogen and oxygen atoms in total. The first-order valence-electron chi connectivity index (χ1n) is 6.57. The Morgan fingerprint density at radius 1 is 1.43 bits per heavy atom. The summed E-state index contributed by atoms with van der Waals surface area (Å²) in [5.74, 6) is 6.23. The Morgan fingerprint density at radius 2 is 2.24 bits per heavy atom. The van der Waals surface area contributed by atoms with Gasteiger partial charge in [-0.15, -0.1) is 0 Å². The molecule has 5 heteroatoms. The second kappa shape index (κ2) is 6.73. The summed E-state index contributed by atoms with van der Waals surface area (Å²) in [7, 11) is 1.73. The molecule has 108 valence electrons. The van der Waals surface area contributed by atoms with Crippen molar-refractivity contribution >= 4 is 5.91 Å². The summed E-state index contributed by atoms with van der Waals surface area (Å²) in [6, 6.07) is 9.34. The van der Waals surface area contributed by atoms with Crippen LogP contribution in [0.4, 0.5) is 0 Å². The quantitative estimate of drug-likeness (QED) is 0.868. The van der Waals surface area contributed by atoms with Crippen LogP contribution < -0.4 is 5.73 Å². The molecule has 0 radical (unpaired) electrons. The normalized spacial score (nSPS) is 9.86. The Morgan fingerprint density at radius 3 is 2.90 bits per heavy atom. The molecular weight excluding hydrogens is 266 g/mol. The number of hydrogen-bond acceptors (Lipinski definition) is 4. The van der Waals surface area contributed by atoms with Gasteiger partial charge in [-0.05, 0) is 24.6 Å². The molecule has 2 N–H and O–H groups in total. The largest absolute Gasteiger partial charge is 0.361 e. The Kier molecular flexibility index (Phi) is 4.75. The zero-order valence-corrected chi connectivity index (χ0v) is 12.1. The smallest absolute Gasteiger partial charge is 0.276 e. The van der Waals surface area contributed by atoms with Crippen molar-refractivity contribution < 1.29 is 9.32 Å². The van der Waals surface area contributed by atoms with Crippen molar-refractivity contribution in [3.05, 3.63) is 52.9 Å². The second-order valence-electron chi connectivity index (χ2n) is 4.69. The standard InChI is InChI=1S/C16H17N3O2/c1-12-9-15(18-21-12)16(20)19(2)11-14-6-3-5-13(10-14)7-4-8-17/h3,5-6,9-10H,8,11,17H2,1-2H3. The van der Waals surface area contributed by atoms with Crippen LogP contribution in [0.1, 0.15) is 27.4 Å². The van der Waals surface area contributed by atoms with Crippen LogP contribution in [-0.4, -0.2) is 29.6 Å². The van der Waals surface area contributed by atoms with Gasteiger partial charge in [0.15, 0.2) is 5.69 Å². The third-order valence-corrected chi connectivity index (χ3v) is 2.88.